The van der Waals surface area contributed by atoms with Crippen LogP contribution < -0.4 is 14.8 Å². The van der Waals surface area contributed by atoms with Gasteiger partial charge in [-0.1, -0.05) is 0 Å². The predicted molar refractivity (Wildman–Crippen MR) is 67.8 cm³/mol. The molecule has 0 aliphatic carbocycles. The highest BCUT2D eigenvalue weighted by Crippen LogP contribution is 2.37. The van der Waals surface area contributed by atoms with Crippen molar-refractivity contribution in [2.24, 2.45) is 0 Å². The molecule has 1 fully saturated rings. The van der Waals surface area contributed by atoms with Crippen molar-refractivity contribution in [3.8, 4) is 11.5 Å². The molecule has 1 N–H and O–H groups in total. The Morgan fingerprint density at radius 3 is 2.58 bits per heavy atom. The van der Waals surface area contributed by atoms with E-state index in [9.17, 15) is 10.1 Å². The summed E-state index contributed by atoms with van der Waals surface area (Å²) < 4.78 is 15.6. The van der Waals surface area contributed by atoms with E-state index in [1.54, 1.807) is 6.07 Å². The molecule has 1 atom stereocenters. The highest BCUT2D eigenvalue weighted by Gasteiger charge is 2.27. The zero-order valence-electron chi connectivity index (χ0n) is 10.8. The summed E-state index contributed by atoms with van der Waals surface area (Å²) in [6.45, 7) is 1.67. The van der Waals surface area contributed by atoms with Crippen molar-refractivity contribution in [2.45, 2.75) is 6.04 Å². The lowest BCUT2D eigenvalue weighted by atomic mass is 10.0. The Kier molecular flexibility index (Phi) is 4.18. The molecule has 0 unspecified atom stereocenters. The Hall–Kier alpha value is -1.86. The zero-order valence-corrected chi connectivity index (χ0v) is 10.8. The second-order valence-corrected chi connectivity index (χ2v) is 4.10. The Morgan fingerprint density at radius 1 is 1.37 bits per heavy atom. The van der Waals surface area contributed by atoms with Crippen LogP contribution in [0.4, 0.5) is 5.69 Å². The van der Waals surface area contributed by atoms with Crippen LogP contribution in [0.3, 0.4) is 0 Å². The van der Waals surface area contributed by atoms with E-state index in [4.69, 9.17) is 14.2 Å². The molecule has 1 aliphatic rings. The second-order valence-electron chi connectivity index (χ2n) is 4.10. The van der Waals surface area contributed by atoms with Crippen LogP contribution in [0.1, 0.15) is 11.6 Å². The Labute approximate surface area is 110 Å². The molecule has 1 heterocycles. The van der Waals surface area contributed by atoms with E-state index in [-0.39, 0.29) is 11.7 Å². The average molecular weight is 268 g/mol. The Bertz CT molecular complexity index is 471. The number of morpholine rings is 1. The van der Waals surface area contributed by atoms with Gasteiger partial charge in [0.15, 0.2) is 11.5 Å². The predicted octanol–water partition coefficient (Wildman–Crippen LogP) is 1.27. The van der Waals surface area contributed by atoms with Crippen LogP contribution >= 0.6 is 0 Å². The molecule has 0 saturated carbocycles. The Balaban J connectivity index is 2.46. The fraction of sp³-hybridized carbons (Fsp3) is 0.500. The van der Waals surface area contributed by atoms with Crippen LogP contribution in [0, 0.1) is 10.1 Å². The number of hydrogen-bond donors (Lipinski definition) is 1. The first-order chi connectivity index (χ1) is 9.17. The van der Waals surface area contributed by atoms with Gasteiger partial charge in [0.05, 0.1) is 50.0 Å². The lowest BCUT2D eigenvalue weighted by molar-refractivity contribution is -0.386. The number of hydrogen-bond acceptors (Lipinski definition) is 6. The van der Waals surface area contributed by atoms with E-state index in [1.165, 1.54) is 20.3 Å². The molecule has 0 amide bonds. The van der Waals surface area contributed by atoms with Gasteiger partial charge in [-0.25, -0.2) is 0 Å². The number of nitrogens with zero attached hydrogens (tertiary/aromatic N) is 1. The van der Waals surface area contributed by atoms with Crippen LogP contribution in [0.2, 0.25) is 0 Å². The molecule has 104 valence electrons. The zero-order chi connectivity index (χ0) is 13.8. The SMILES string of the molecule is COc1cc([C@@H]2COCCN2)c([N+](=O)[O-])cc1OC. The third-order valence-electron chi connectivity index (χ3n) is 3.03. The van der Waals surface area contributed by atoms with Crippen molar-refractivity contribution >= 4 is 5.69 Å². The third kappa shape index (κ3) is 2.77. The summed E-state index contributed by atoms with van der Waals surface area (Å²) in [5.74, 6) is 0.810. The van der Waals surface area contributed by atoms with E-state index in [0.29, 0.717) is 36.8 Å². The molecule has 19 heavy (non-hydrogen) atoms. The molecule has 1 aromatic rings. The number of nitro groups is 1. The monoisotopic (exact) mass is 268 g/mol. The lowest BCUT2D eigenvalue weighted by Crippen LogP contribution is -2.34. The summed E-state index contributed by atoms with van der Waals surface area (Å²) >= 11 is 0. The van der Waals surface area contributed by atoms with E-state index >= 15 is 0 Å². The summed E-state index contributed by atoms with van der Waals surface area (Å²) in [6.07, 6.45) is 0. The minimum Gasteiger partial charge on any atom is -0.493 e. The van der Waals surface area contributed by atoms with Crippen molar-refractivity contribution in [3.05, 3.63) is 27.8 Å². The average Bonchev–Trinajstić information content (AvgIpc) is 2.46. The molecule has 1 saturated heterocycles. The molecule has 0 spiro atoms. The maximum absolute atomic E-state index is 11.2. The number of rotatable bonds is 4. The summed E-state index contributed by atoms with van der Waals surface area (Å²) in [5, 5.41) is 14.4. The van der Waals surface area contributed by atoms with E-state index in [0.717, 1.165) is 0 Å². The summed E-state index contributed by atoms with van der Waals surface area (Å²) in [6, 6.07) is 2.79. The van der Waals surface area contributed by atoms with Gasteiger partial charge < -0.3 is 19.5 Å². The topological polar surface area (TPSA) is 82.9 Å². The number of ether oxygens (including phenoxy) is 3. The molecular weight excluding hydrogens is 252 g/mol. The van der Waals surface area contributed by atoms with Gasteiger partial charge in [0, 0.05) is 6.54 Å². The summed E-state index contributed by atoms with van der Waals surface area (Å²) in [4.78, 5) is 10.7. The molecular formula is C12H16N2O5. The quantitative estimate of drug-likeness (QED) is 0.654. The van der Waals surface area contributed by atoms with Crippen LogP contribution in [0.15, 0.2) is 12.1 Å². The standard InChI is InChI=1S/C12H16N2O5/c1-17-11-5-8(9-7-19-4-3-13-9)10(14(15)16)6-12(11)18-2/h5-6,9,13H,3-4,7H2,1-2H3/t9-/m0/s1. The first-order valence-electron chi connectivity index (χ1n) is 5.88. The van der Waals surface area contributed by atoms with Crippen molar-refractivity contribution in [1.29, 1.82) is 0 Å². The lowest BCUT2D eigenvalue weighted by Gasteiger charge is -2.24. The van der Waals surface area contributed by atoms with Gasteiger partial charge in [-0.3, -0.25) is 10.1 Å². The minimum atomic E-state index is -0.423. The van der Waals surface area contributed by atoms with E-state index < -0.39 is 4.92 Å². The van der Waals surface area contributed by atoms with Crippen LogP contribution in [-0.2, 0) is 4.74 Å². The minimum absolute atomic E-state index is 0.000602. The third-order valence-corrected chi connectivity index (χ3v) is 3.03. The normalized spacial score (nSPS) is 18.9. The van der Waals surface area contributed by atoms with Crippen LogP contribution in [0.5, 0.6) is 11.5 Å². The highest BCUT2D eigenvalue weighted by molar-refractivity contribution is 5.55. The molecule has 2 rings (SSSR count). The summed E-state index contributed by atoms with van der Waals surface area (Å²) in [7, 11) is 2.95. The van der Waals surface area contributed by atoms with Crippen molar-refractivity contribution in [2.75, 3.05) is 34.0 Å². The number of nitrogens with one attached hydrogen (secondary N) is 1. The number of methoxy groups -OCH3 is 2. The maximum Gasteiger partial charge on any atom is 0.278 e. The van der Waals surface area contributed by atoms with Crippen LogP contribution in [-0.4, -0.2) is 38.9 Å². The van der Waals surface area contributed by atoms with Gasteiger partial charge in [0.1, 0.15) is 0 Å². The number of benzene rings is 1. The van der Waals surface area contributed by atoms with Gasteiger partial charge in [-0.2, -0.15) is 0 Å². The van der Waals surface area contributed by atoms with E-state index in [2.05, 4.69) is 5.32 Å². The van der Waals surface area contributed by atoms with Crippen molar-refractivity contribution in [3.63, 3.8) is 0 Å². The molecule has 7 heteroatoms. The maximum atomic E-state index is 11.2. The van der Waals surface area contributed by atoms with Gasteiger partial charge in [0.25, 0.3) is 5.69 Å². The van der Waals surface area contributed by atoms with Gasteiger partial charge in [0.2, 0.25) is 0 Å². The van der Waals surface area contributed by atoms with Crippen molar-refractivity contribution in [1.82, 2.24) is 5.32 Å². The first kappa shape index (κ1) is 13.6. The van der Waals surface area contributed by atoms with Crippen LogP contribution in [0.25, 0.3) is 0 Å². The molecule has 0 bridgehead atoms. The van der Waals surface area contributed by atoms with Crippen molar-refractivity contribution < 1.29 is 19.1 Å². The molecule has 0 aromatic heterocycles. The first-order valence-corrected chi connectivity index (χ1v) is 5.88. The smallest absolute Gasteiger partial charge is 0.278 e. The molecule has 1 aliphatic heterocycles. The number of nitro benzene ring substituents is 1. The van der Waals surface area contributed by atoms with Gasteiger partial charge in [-0.15, -0.1) is 0 Å². The largest absolute Gasteiger partial charge is 0.493 e. The van der Waals surface area contributed by atoms with Gasteiger partial charge in [-0.05, 0) is 6.07 Å². The molecule has 0 radical (unpaired) electrons. The Morgan fingerprint density at radius 2 is 2.05 bits per heavy atom. The fourth-order valence-corrected chi connectivity index (χ4v) is 2.09. The highest BCUT2D eigenvalue weighted by atomic mass is 16.6. The molecule has 1 aromatic carbocycles. The fourth-order valence-electron chi connectivity index (χ4n) is 2.09. The summed E-state index contributed by atoms with van der Waals surface area (Å²) in [5.41, 5.74) is 0.544. The molecule has 7 nitrogen and oxygen atoms in total. The van der Waals surface area contributed by atoms with E-state index in [1.807, 2.05) is 0 Å². The van der Waals surface area contributed by atoms with Gasteiger partial charge >= 0.3 is 0 Å². The second kappa shape index (κ2) is 5.85.